The molecule has 2 aliphatic heterocycles. The van der Waals surface area contributed by atoms with E-state index in [0.29, 0.717) is 23.1 Å². The largest absolute Gasteiger partial charge is 0.364 e. The Labute approximate surface area is 118 Å². The fourth-order valence-corrected chi connectivity index (χ4v) is 3.80. The molecule has 2 N–H and O–H groups in total. The van der Waals surface area contributed by atoms with E-state index in [-0.39, 0.29) is 0 Å². The van der Waals surface area contributed by atoms with Gasteiger partial charge in [0.05, 0.1) is 11.3 Å². The third-order valence-corrected chi connectivity index (χ3v) is 4.60. The molecule has 2 saturated heterocycles. The summed E-state index contributed by atoms with van der Waals surface area (Å²) in [5, 5.41) is 10.0. The second kappa shape index (κ2) is 5.03. The number of hydrogen-bond donors (Lipinski definition) is 1. The Morgan fingerprint density at radius 3 is 2.58 bits per heavy atom. The molecule has 2 fully saturated rings. The van der Waals surface area contributed by atoms with Gasteiger partial charge in [0.25, 0.3) is 0 Å². The zero-order chi connectivity index (χ0) is 13.4. The number of rotatable bonds is 1. The number of fused-ring (bicyclic) bond motifs is 2. The molecule has 100 valence electrons. The van der Waals surface area contributed by atoms with Crippen LogP contribution >= 0.6 is 11.6 Å². The average Bonchev–Trinajstić information content (AvgIpc) is 2.37. The van der Waals surface area contributed by atoms with Crippen LogP contribution in [0.3, 0.4) is 0 Å². The van der Waals surface area contributed by atoms with E-state index < -0.39 is 0 Å². The fourth-order valence-electron chi connectivity index (χ4n) is 3.63. The molecule has 0 aliphatic carbocycles. The lowest BCUT2D eigenvalue weighted by Gasteiger charge is -2.50. The number of hydrogen-bond acceptors (Lipinski definition) is 3. The number of nitriles is 1. The number of nitrogens with two attached hydrogens (primary N) is 1. The molecule has 1 aromatic carbocycles. The first kappa shape index (κ1) is 12.8. The molecule has 0 saturated carbocycles. The van der Waals surface area contributed by atoms with Crippen LogP contribution in [0.5, 0.6) is 0 Å². The van der Waals surface area contributed by atoms with E-state index in [4.69, 9.17) is 17.3 Å². The lowest BCUT2D eigenvalue weighted by atomic mass is 9.81. The highest BCUT2D eigenvalue weighted by molar-refractivity contribution is 6.30. The first-order chi connectivity index (χ1) is 9.19. The van der Waals surface area contributed by atoms with Crippen LogP contribution in [-0.2, 0) is 0 Å². The maximum atomic E-state index is 9.31. The molecule has 0 spiro atoms. The quantitative estimate of drug-likeness (QED) is 0.857. The fraction of sp³-hybridized carbons (Fsp3) is 0.533. The van der Waals surface area contributed by atoms with E-state index in [2.05, 4.69) is 11.0 Å². The average molecular weight is 276 g/mol. The number of piperidine rings is 2. The van der Waals surface area contributed by atoms with Crippen molar-refractivity contribution in [1.82, 2.24) is 0 Å². The summed E-state index contributed by atoms with van der Waals surface area (Å²) in [5.41, 5.74) is 7.86. The monoisotopic (exact) mass is 275 g/mol. The molecular weight excluding hydrogens is 258 g/mol. The van der Waals surface area contributed by atoms with Gasteiger partial charge in [0, 0.05) is 23.1 Å². The molecule has 2 aliphatic rings. The molecule has 0 amide bonds. The van der Waals surface area contributed by atoms with Gasteiger partial charge in [-0.2, -0.15) is 5.26 Å². The summed E-state index contributed by atoms with van der Waals surface area (Å²) in [6, 6.07) is 9.06. The Bertz CT molecular complexity index is 509. The molecule has 0 aromatic heterocycles. The lowest BCUT2D eigenvalue weighted by molar-refractivity contribution is 0.271. The van der Waals surface area contributed by atoms with Crippen molar-refractivity contribution in [3.05, 3.63) is 28.8 Å². The summed E-state index contributed by atoms with van der Waals surface area (Å²) in [4.78, 5) is 2.41. The van der Waals surface area contributed by atoms with Gasteiger partial charge >= 0.3 is 0 Å². The van der Waals surface area contributed by atoms with Gasteiger partial charge in [0.1, 0.15) is 6.07 Å². The predicted molar refractivity (Wildman–Crippen MR) is 77.3 cm³/mol. The van der Waals surface area contributed by atoms with Crippen LogP contribution in [0.25, 0.3) is 0 Å². The Morgan fingerprint density at radius 1 is 1.26 bits per heavy atom. The van der Waals surface area contributed by atoms with Crippen molar-refractivity contribution >= 4 is 17.3 Å². The van der Waals surface area contributed by atoms with Gasteiger partial charge in [-0.1, -0.05) is 11.6 Å². The Morgan fingerprint density at radius 2 is 1.95 bits per heavy atom. The van der Waals surface area contributed by atoms with Crippen LogP contribution in [0, 0.1) is 11.3 Å². The first-order valence-electron chi connectivity index (χ1n) is 6.92. The molecule has 19 heavy (non-hydrogen) atoms. The lowest BCUT2D eigenvalue weighted by Crippen LogP contribution is -2.55. The second-order valence-electron chi connectivity index (χ2n) is 5.65. The molecule has 3 rings (SSSR count). The van der Waals surface area contributed by atoms with Crippen molar-refractivity contribution in [3.8, 4) is 6.07 Å². The van der Waals surface area contributed by atoms with E-state index in [1.165, 1.54) is 19.3 Å². The Balaban J connectivity index is 2.02. The van der Waals surface area contributed by atoms with Gasteiger partial charge in [0.15, 0.2) is 0 Å². The molecule has 2 atom stereocenters. The molecule has 1 aromatic rings. The number of nitrogens with zero attached hydrogens (tertiary/aromatic N) is 2. The molecule has 2 heterocycles. The summed E-state index contributed by atoms with van der Waals surface area (Å²) >= 11 is 6.12. The van der Waals surface area contributed by atoms with E-state index in [1.54, 1.807) is 6.07 Å². The topological polar surface area (TPSA) is 53.0 Å². The molecule has 2 bridgehead atoms. The van der Waals surface area contributed by atoms with Crippen LogP contribution in [0.15, 0.2) is 18.2 Å². The van der Waals surface area contributed by atoms with E-state index >= 15 is 0 Å². The zero-order valence-electron chi connectivity index (χ0n) is 10.8. The van der Waals surface area contributed by atoms with Crippen LogP contribution in [-0.4, -0.2) is 18.1 Å². The van der Waals surface area contributed by atoms with Crippen LogP contribution in [0.1, 0.15) is 37.7 Å². The smallest absolute Gasteiger partial charge is 0.101 e. The van der Waals surface area contributed by atoms with Gasteiger partial charge in [0.2, 0.25) is 0 Å². The van der Waals surface area contributed by atoms with E-state index in [9.17, 15) is 5.26 Å². The summed E-state index contributed by atoms with van der Waals surface area (Å²) in [7, 11) is 0. The highest BCUT2D eigenvalue weighted by Gasteiger charge is 2.37. The van der Waals surface area contributed by atoms with Crippen molar-refractivity contribution in [2.45, 2.75) is 50.2 Å². The van der Waals surface area contributed by atoms with Gasteiger partial charge in [-0.05, 0) is 50.3 Å². The molecule has 3 nitrogen and oxygen atoms in total. The van der Waals surface area contributed by atoms with Crippen LogP contribution in [0.2, 0.25) is 5.02 Å². The first-order valence-corrected chi connectivity index (χ1v) is 7.30. The SMILES string of the molecule is N#Cc1ccc(Cl)cc1N1C2CCCC1CC(N)C2. The maximum absolute atomic E-state index is 9.31. The number of anilines is 1. The summed E-state index contributed by atoms with van der Waals surface area (Å²) < 4.78 is 0. The zero-order valence-corrected chi connectivity index (χ0v) is 11.6. The van der Waals surface area contributed by atoms with Crippen molar-refractivity contribution < 1.29 is 0 Å². The Hall–Kier alpha value is -1.24. The second-order valence-corrected chi connectivity index (χ2v) is 6.09. The minimum Gasteiger partial charge on any atom is -0.364 e. The van der Waals surface area contributed by atoms with E-state index in [0.717, 1.165) is 24.1 Å². The van der Waals surface area contributed by atoms with Crippen molar-refractivity contribution in [3.63, 3.8) is 0 Å². The summed E-state index contributed by atoms with van der Waals surface area (Å²) in [6.07, 6.45) is 5.64. The normalized spacial score (nSPS) is 29.9. The number of halogens is 1. The van der Waals surface area contributed by atoms with Crippen LogP contribution in [0.4, 0.5) is 5.69 Å². The minimum absolute atomic E-state index is 0.302. The van der Waals surface area contributed by atoms with Gasteiger partial charge < -0.3 is 10.6 Å². The highest BCUT2D eigenvalue weighted by atomic mass is 35.5. The third-order valence-electron chi connectivity index (χ3n) is 4.37. The van der Waals surface area contributed by atoms with Crippen LogP contribution < -0.4 is 10.6 Å². The van der Waals surface area contributed by atoms with Gasteiger partial charge in [-0.15, -0.1) is 0 Å². The minimum atomic E-state index is 0.302. The molecule has 0 radical (unpaired) electrons. The number of benzene rings is 1. The van der Waals surface area contributed by atoms with Gasteiger partial charge in [-0.25, -0.2) is 0 Å². The highest BCUT2D eigenvalue weighted by Crippen LogP contribution is 2.39. The van der Waals surface area contributed by atoms with Gasteiger partial charge in [-0.3, -0.25) is 0 Å². The maximum Gasteiger partial charge on any atom is 0.101 e. The summed E-state index contributed by atoms with van der Waals surface area (Å²) in [5.74, 6) is 0. The molecule has 4 heteroatoms. The summed E-state index contributed by atoms with van der Waals surface area (Å²) in [6.45, 7) is 0. The molecule has 2 unspecified atom stereocenters. The third kappa shape index (κ3) is 2.31. The van der Waals surface area contributed by atoms with Crippen molar-refractivity contribution in [1.29, 1.82) is 5.26 Å². The van der Waals surface area contributed by atoms with Crippen molar-refractivity contribution in [2.24, 2.45) is 5.73 Å². The van der Waals surface area contributed by atoms with E-state index in [1.807, 2.05) is 12.1 Å². The van der Waals surface area contributed by atoms with Crippen molar-refractivity contribution in [2.75, 3.05) is 4.90 Å². The standard InChI is InChI=1S/C15H18ClN3/c16-11-5-4-10(9-17)15(6-11)19-13-2-1-3-14(19)8-12(18)7-13/h4-6,12-14H,1-3,7-8,18H2. The predicted octanol–water partition coefficient (Wildman–Crippen LogP) is 3.06. The Kier molecular flexibility index (Phi) is 3.38. The molecular formula is C15H18ClN3.